The Morgan fingerprint density at radius 3 is 2.23 bits per heavy atom. The van der Waals surface area contributed by atoms with Crippen molar-refractivity contribution >= 4 is 21.4 Å². The lowest BCUT2D eigenvalue weighted by molar-refractivity contribution is -0.136. The third kappa shape index (κ3) is 3.98. The van der Waals surface area contributed by atoms with Gasteiger partial charge in [-0.25, -0.2) is 22.0 Å². The van der Waals surface area contributed by atoms with Crippen molar-refractivity contribution < 1.29 is 26.7 Å². The first-order chi connectivity index (χ1) is 12.3. The van der Waals surface area contributed by atoms with Crippen LogP contribution in [-0.4, -0.2) is 38.6 Å². The molecule has 2 aliphatic carbocycles. The van der Waals surface area contributed by atoms with Crippen LogP contribution in [0.3, 0.4) is 0 Å². The molecule has 2 fully saturated rings. The summed E-state index contributed by atoms with van der Waals surface area (Å²) in [7, 11) is -3.31. The normalized spacial score (nSPS) is 26.7. The number of allylic oxidation sites excluding steroid dienone is 1. The molecule has 0 bridgehead atoms. The molecule has 142 valence electrons. The molecule has 0 aromatic heterocycles. The fourth-order valence-corrected chi connectivity index (χ4v) is 4.88. The summed E-state index contributed by atoms with van der Waals surface area (Å²) in [5.74, 6) is -0.975. The number of esters is 1. The molecule has 1 aromatic carbocycles. The van der Waals surface area contributed by atoms with Crippen LogP contribution in [0.1, 0.15) is 38.2 Å². The second kappa shape index (κ2) is 7.47. The van der Waals surface area contributed by atoms with Crippen molar-refractivity contribution in [2.45, 2.75) is 55.1 Å². The van der Waals surface area contributed by atoms with Gasteiger partial charge in [-0.05, 0) is 56.2 Å². The van der Waals surface area contributed by atoms with E-state index in [0.717, 1.165) is 0 Å². The number of ether oxygens (including phenoxy) is 1. The van der Waals surface area contributed by atoms with E-state index >= 15 is 0 Å². The van der Waals surface area contributed by atoms with Crippen molar-refractivity contribution in [2.75, 3.05) is 6.61 Å². The molecule has 7 heteroatoms. The van der Waals surface area contributed by atoms with E-state index in [9.17, 15) is 22.0 Å². The Hall–Kier alpha value is -1.76. The van der Waals surface area contributed by atoms with Gasteiger partial charge in [0.1, 0.15) is 12.3 Å². The van der Waals surface area contributed by atoms with Crippen LogP contribution >= 0.6 is 0 Å². The molecule has 3 atom stereocenters. The van der Waals surface area contributed by atoms with Gasteiger partial charge in [0, 0.05) is 0 Å². The molecule has 0 spiro atoms. The Kier molecular flexibility index (Phi) is 5.46. The second-order valence-corrected chi connectivity index (χ2v) is 9.06. The highest BCUT2D eigenvalue weighted by Gasteiger charge is 2.37. The van der Waals surface area contributed by atoms with Crippen molar-refractivity contribution in [1.29, 1.82) is 0 Å². The van der Waals surface area contributed by atoms with E-state index in [0.29, 0.717) is 18.4 Å². The van der Waals surface area contributed by atoms with Crippen LogP contribution in [0.5, 0.6) is 0 Å². The number of carbonyl (C=O) groups is 1. The summed E-state index contributed by atoms with van der Waals surface area (Å²) in [6.07, 6.45) is -0.0925. The van der Waals surface area contributed by atoms with Gasteiger partial charge in [0.2, 0.25) is 0 Å². The lowest BCUT2D eigenvalue weighted by atomic mass is 9.98. The van der Waals surface area contributed by atoms with Gasteiger partial charge in [-0.2, -0.15) is 0 Å². The van der Waals surface area contributed by atoms with Crippen molar-refractivity contribution in [3.63, 3.8) is 0 Å². The lowest BCUT2D eigenvalue weighted by Gasteiger charge is -2.11. The van der Waals surface area contributed by atoms with E-state index < -0.39 is 34.1 Å². The van der Waals surface area contributed by atoms with E-state index in [-0.39, 0.29) is 35.2 Å². The minimum atomic E-state index is -3.31. The Morgan fingerprint density at radius 2 is 1.73 bits per heavy atom. The molecular weight excluding hydrogens is 362 g/mol. The predicted octanol–water partition coefficient (Wildman–Crippen LogP) is 3.66. The molecular formula is C19H22F2O4S. The maximum atomic E-state index is 13.4. The average molecular weight is 384 g/mol. The van der Waals surface area contributed by atoms with Gasteiger partial charge in [0.15, 0.2) is 9.84 Å². The van der Waals surface area contributed by atoms with Crippen LogP contribution in [-0.2, 0) is 19.4 Å². The predicted molar refractivity (Wildman–Crippen MR) is 93.8 cm³/mol. The standard InChI is InChI=1S/C19H22F2O4S/c1-2-25-19(22)16(9-12-10-17(20)18(21)11-12)13-3-5-14(6-4-13)26(23,24)15-7-8-15/h3-6,9,12,15,17-18H,2,7-8,10-11H2,1H3/t12?,17-,18+. The second-order valence-electron chi connectivity index (χ2n) is 6.83. The molecule has 1 aromatic rings. The van der Waals surface area contributed by atoms with Crippen LogP contribution < -0.4 is 0 Å². The van der Waals surface area contributed by atoms with Crippen LogP contribution in [0.15, 0.2) is 35.2 Å². The third-order valence-electron chi connectivity index (χ3n) is 4.80. The summed E-state index contributed by atoms with van der Waals surface area (Å²) < 4.78 is 56.5. The van der Waals surface area contributed by atoms with Gasteiger partial charge in [-0.1, -0.05) is 18.2 Å². The maximum absolute atomic E-state index is 13.4. The highest BCUT2D eigenvalue weighted by atomic mass is 32.2. The molecule has 0 saturated heterocycles. The first-order valence-electron chi connectivity index (χ1n) is 8.84. The van der Waals surface area contributed by atoms with E-state index in [1.165, 1.54) is 12.1 Å². The molecule has 0 radical (unpaired) electrons. The SMILES string of the molecule is CCOC(=O)C(=CC1C[C@@H](F)[C@@H](F)C1)c1ccc(S(=O)(=O)C2CC2)cc1. The zero-order valence-electron chi connectivity index (χ0n) is 14.5. The monoisotopic (exact) mass is 384 g/mol. The van der Waals surface area contributed by atoms with E-state index in [4.69, 9.17) is 4.74 Å². The highest BCUT2D eigenvalue weighted by molar-refractivity contribution is 7.92. The van der Waals surface area contributed by atoms with Crippen molar-refractivity contribution in [1.82, 2.24) is 0 Å². The summed E-state index contributed by atoms with van der Waals surface area (Å²) in [5.41, 5.74) is 0.699. The van der Waals surface area contributed by atoms with Gasteiger partial charge in [0.25, 0.3) is 0 Å². The zero-order valence-corrected chi connectivity index (χ0v) is 15.3. The van der Waals surface area contributed by atoms with Gasteiger partial charge in [0.05, 0.1) is 22.3 Å². The summed E-state index contributed by atoms with van der Waals surface area (Å²) in [5, 5.41) is -0.310. The molecule has 2 saturated carbocycles. The molecule has 4 nitrogen and oxygen atoms in total. The van der Waals surface area contributed by atoms with Crippen molar-refractivity contribution in [2.24, 2.45) is 5.92 Å². The summed E-state index contributed by atoms with van der Waals surface area (Å²) in [6.45, 7) is 1.85. The number of carbonyl (C=O) groups excluding carboxylic acids is 1. The average Bonchev–Trinajstić information content (AvgIpc) is 3.41. The van der Waals surface area contributed by atoms with Crippen molar-refractivity contribution in [3.8, 4) is 0 Å². The lowest BCUT2D eigenvalue weighted by Crippen LogP contribution is -2.10. The van der Waals surface area contributed by atoms with Gasteiger partial charge in [-0.3, -0.25) is 0 Å². The zero-order chi connectivity index (χ0) is 18.9. The Bertz CT molecular complexity index is 787. The number of sulfone groups is 1. The van der Waals surface area contributed by atoms with Crippen LogP contribution in [0, 0.1) is 5.92 Å². The Labute approximate surface area is 152 Å². The fraction of sp³-hybridized carbons (Fsp3) is 0.526. The number of hydrogen-bond acceptors (Lipinski definition) is 4. The largest absolute Gasteiger partial charge is 0.462 e. The third-order valence-corrected chi connectivity index (χ3v) is 7.08. The van der Waals surface area contributed by atoms with Gasteiger partial charge >= 0.3 is 5.97 Å². The molecule has 2 aliphatic rings. The topological polar surface area (TPSA) is 60.4 Å². The number of rotatable bonds is 6. The first-order valence-corrected chi connectivity index (χ1v) is 10.4. The molecule has 26 heavy (non-hydrogen) atoms. The minimum absolute atomic E-state index is 0.0260. The smallest absolute Gasteiger partial charge is 0.338 e. The minimum Gasteiger partial charge on any atom is -0.462 e. The summed E-state index contributed by atoms with van der Waals surface area (Å²) in [4.78, 5) is 12.5. The molecule has 3 rings (SSSR count). The van der Waals surface area contributed by atoms with E-state index in [1.54, 1.807) is 25.1 Å². The van der Waals surface area contributed by atoms with Crippen LogP contribution in [0.2, 0.25) is 0 Å². The number of hydrogen-bond donors (Lipinski definition) is 0. The molecule has 1 unspecified atom stereocenters. The number of alkyl halides is 2. The molecule has 0 amide bonds. The first kappa shape index (κ1) is 19.0. The summed E-state index contributed by atoms with van der Waals surface area (Å²) >= 11 is 0. The Balaban J connectivity index is 1.88. The number of benzene rings is 1. The summed E-state index contributed by atoms with van der Waals surface area (Å²) in [6, 6.07) is 6.04. The number of halogens is 2. The van der Waals surface area contributed by atoms with E-state index in [1.807, 2.05) is 0 Å². The maximum Gasteiger partial charge on any atom is 0.338 e. The van der Waals surface area contributed by atoms with Crippen LogP contribution in [0.4, 0.5) is 8.78 Å². The fourth-order valence-electron chi connectivity index (χ4n) is 3.23. The molecule has 0 heterocycles. The van der Waals surface area contributed by atoms with Gasteiger partial charge < -0.3 is 4.74 Å². The van der Waals surface area contributed by atoms with Crippen LogP contribution in [0.25, 0.3) is 5.57 Å². The highest BCUT2D eigenvalue weighted by Crippen LogP contribution is 2.35. The molecule has 0 N–H and O–H groups in total. The van der Waals surface area contributed by atoms with Gasteiger partial charge in [-0.15, -0.1) is 0 Å². The molecule has 0 aliphatic heterocycles. The quantitative estimate of drug-likeness (QED) is 0.555. The Morgan fingerprint density at radius 1 is 1.15 bits per heavy atom. The van der Waals surface area contributed by atoms with Crippen molar-refractivity contribution in [3.05, 3.63) is 35.9 Å². The van der Waals surface area contributed by atoms with E-state index in [2.05, 4.69) is 0 Å².